The summed E-state index contributed by atoms with van der Waals surface area (Å²) >= 11 is 12.2. The lowest BCUT2D eigenvalue weighted by Gasteiger charge is -2.16. The van der Waals surface area contributed by atoms with E-state index in [-0.39, 0.29) is 28.6 Å². The van der Waals surface area contributed by atoms with Crippen molar-refractivity contribution in [2.45, 2.75) is 12.5 Å². The van der Waals surface area contributed by atoms with Crippen molar-refractivity contribution >= 4 is 51.7 Å². The number of alkyl halides is 1. The number of nitrogens with zero attached hydrogens (tertiary/aromatic N) is 3. The number of aromatic amines is 1. The number of para-hydroxylation sites is 1. The Kier molecular flexibility index (Phi) is 6.57. The number of benzene rings is 2. The van der Waals surface area contributed by atoms with Crippen LogP contribution in [0.1, 0.15) is 22.3 Å². The van der Waals surface area contributed by atoms with Crippen molar-refractivity contribution in [2.75, 3.05) is 24.3 Å². The van der Waals surface area contributed by atoms with Gasteiger partial charge < -0.3 is 19.9 Å². The minimum Gasteiger partial charge on any atom is -0.457 e. The monoisotopic (exact) mass is 509 g/mol. The number of carbonyl (C=O) groups is 2. The molecule has 0 bridgehead atoms. The molecule has 1 fully saturated rings. The number of aromatic nitrogens is 3. The van der Waals surface area contributed by atoms with Gasteiger partial charge in [0.1, 0.15) is 35.2 Å². The van der Waals surface area contributed by atoms with Crippen molar-refractivity contribution < 1.29 is 14.3 Å². The van der Waals surface area contributed by atoms with Crippen LogP contribution in [0.4, 0.5) is 5.82 Å². The van der Waals surface area contributed by atoms with Gasteiger partial charge in [0.25, 0.3) is 0 Å². The third kappa shape index (κ3) is 4.80. The Labute approximate surface area is 211 Å². The van der Waals surface area contributed by atoms with Gasteiger partial charge >= 0.3 is 0 Å². The topological polar surface area (TPSA) is 100 Å². The Morgan fingerprint density at radius 1 is 1.11 bits per heavy atom. The van der Waals surface area contributed by atoms with E-state index in [2.05, 4.69) is 20.3 Å². The molecule has 1 aliphatic heterocycles. The minimum atomic E-state index is -0.268. The molecule has 0 aliphatic carbocycles. The fraction of sp³-hybridized carbons (Fsp3) is 0.200. The molecule has 4 aromatic rings. The van der Waals surface area contributed by atoms with E-state index in [1.807, 2.05) is 30.3 Å². The van der Waals surface area contributed by atoms with Crippen LogP contribution in [0.5, 0.6) is 11.5 Å². The van der Waals surface area contributed by atoms with Gasteiger partial charge in [-0.25, -0.2) is 9.97 Å². The number of rotatable bonds is 7. The van der Waals surface area contributed by atoms with Gasteiger partial charge in [0, 0.05) is 37.0 Å². The number of fused-ring (bicyclic) bond motifs is 1. The molecular formula is C25H21Cl2N5O3. The zero-order chi connectivity index (χ0) is 24.4. The predicted molar refractivity (Wildman–Crippen MR) is 135 cm³/mol. The molecule has 3 heterocycles. The normalized spacial score (nSPS) is 15.4. The van der Waals surface area contributed by atoms with Crippen LogP contribution in [-0.4, -0.2) is 56.6 Å². The SMILES string of the molecule is O=C(c1ccc(Oc2ccccc2)cc1Cl)c1c[nH]c2ncnc(NC3CCN(C(=O)CCl)C3)c12. The Balaban J connectivity index is 1.40. The van der Waals surface area contributed by atoms with Gasteiger partial charge in [-0.1, -0.05) is 29.8 Å². The highest BCUT2D eigenvalue weighted by atomic mass is 35.5. The molecule has 2 aromatic heterocycles. The number of hydrogen-bond donors (Lipinski definition) is 2. The minimum absolute atomic E-state index is 0.0175. The van der Waals surface area contributed by atoms with E-state index in [4.69, 9.17) is 27.9 Å². The number of H-pyrrole nitrogens is 1. The van der Waals surface area contributed by atoms with Crippen LogP contribution in [0, 0.1) is 0 Å². The van der Waals surface area contributed by atoms with Gasteiger partial charge in [-0.2, -0.15) is 0 Å². The van der Waals surface area contributed by atoms with E-state index in [0.29, 0.717) is 52.6 Å². The predicted octanol–water partition coefficient (Wildman–Crippen LogP) is 4.89. The molecule has 2 N–H and O–H groups in total. The van der Waals surface area contributed by atoms with Gasteiger partial charge in [-0.05, 0) is 30.7 Å². The quantitative estimate of drug-likeness (QED) is 0.272. The van der Waals surface area contributed by atoms with Crippen LogP contribution in [0.25, 0.3) is 11.0 Å². The number of amides is 1. The molecule has 1 saturated heterocycles. The second kappa shape index (κ2) is 9.93. The van der Waals surface area contributed by atoms with Crippen LogP contribution in [-0.2, 0) is 4.79 Å². The number of likely N-dealkylation sites (tertiary alicyclic amines) is 1. The first kappa shape index (κ1) is 23.1. The lowest BCUT2D eigenvalue weighted by atomic mass is 10.0. The molecule has 178 valence electrons. The first-order valence-electron chi connectivity index (χ1n) is 11.0. The summed E-state index contributed by atoms with van der Waals surface area (Å²) in [5, 5.41) is 4.21. The van der Waals surface area contributed by atoms with E-state index < -0.39 is 0 Å². The van der Waals surface area contributed by atoms with E-state index in [0.717, 1.165) is 6.42 Å². The number of anilines is 1. The fourth-order valence-corrected chi connectivity index (χ4v) is 4.57. The standard InChI is InChI=1S/C25H21Cl2N5O3/c26-11-21(33)32-9-8-15(13-32)31-25-22-19(12-28-24(22)29-14-30-25)23(34)18-7-6-17(10-20(18)27)35-16-4-2-1-3-5-16/h1-7,10,12,14-15H,8-9,11,13H2,(H2,28,29,30,31). The lowest BCUT2D eigenvalue weighted by Crippen LogP contribution is -2.32. The highest BCUT2D eigenvalue weighted by Crippen LogP contribution is 2.31. The molecule has 0 spiro atoms. The molecule has 10 heteroatoms. The molecular weight excluding hydrogens is 489 g/mol. The number of carbonyl (C=O) groups excluding carboxylic acids is 2. The maximum Gasteiger partial charge on any atom is 0.237 e. The van der Waals surface area contributed by atoms with Crippen molar-refractivity contribution in [2.24, 2.45) is 0 Å². The second-order valence-electron chi connectivity index (χ2n) is 8.14. The Morgan fingerprint density at radius 3 is 2.71 bits per heavy atom. The molecule has 1 unspecified atom stereocenters. The summed E-state index contributed by atoms with van der Waals surface area (Å²) < 4.78 is 5.81. The van der Waals surface area contributed by atoms with Crippen LogP contribution < -0.4 is 10.1 Å². The first-order valence-corrected chi connectivity index (χ1v) is 11.9. The van der Waals surface area contributed by atoms with Crippen LogP contribution in [0.3, 0.4) is 0 Å². The summed E-state index contributed by atoms with van der Waals surface area (Å²) in [7, 11) is 0. The lowest BCUT2D eigenvalue weighted by molar-refractivity contribution is -0.127. The summed E-state index contributed by atoms with van der Waals surface area (Å²) in [5.74, 6) is 1.30. The van der Waals surface area contributed by atoms with Gasteiger partial charge in [0.2, 0.25) is 5.91 Å². The molecule has 2 aromatic carbocycles. The number of nitrogens with one attached hydrogen (secondary N) is 2. The van der Waals surface area contributed by atoms with Crippen LogP contribution in [0.2, 0.25) is 5.02 Å². The molecule has 0 radical (unpaired) electrons. The van der Waals surface area contributed by atoms with Crippen molar-refractivity contribution in [1.82, 2.24) is 19.9 Å². The van der Waals surface area contributed by atoms with E-state index >= 15 is 0 Å². The maximum absolute atomic E-state index is 13.5. The van der Waals surface area contributed by atoms with Gasteiger partial charge in [0.05, 0.1) is 16.0 Å². The Bertz CT molecular complexity index is 1390. The van der Waals surface area contributed by atoms with Gasteiger partial charge in [0.15, 0.2) is 5.78 Å². The Hall–Kier alpha value is -3.62. The number of ketones is 1. The maximum atomic E-state index is 13.5. The zero-order valence-electron chi connectivity index (χ0n) is 18.5. The smallest absolute Gasteiger partial charge is 0.237 e. The molecule has 0 saturated carbocycles. The summed E-state index contributed by atoms with van der Waals surface area (Å²) in [6.07, 6.45) is 3.78. The first-order chi connectivity index (χ1) is 17.0. The average molecular weight is 510 g/mol. The van der Waals surface area contributed by atoms with Gasteiger partial charge in [-0.15, -0.1) is 11.6 Å². The van der Waals surface area contributed by atoms with Crippen molar-refractivity contribution in [3.8, 4) is 11.5 Å². The van der Waals surface area contributed by atoms with Crippen LogP contribution >= 0.6 is 23.2 Å². The number of hydrogen-bond acceptors (Lipinski definition) is 6. The third-order valence-corrected chi connectivity index (χ3v) is 6.42. The van der Waals surface area contributed by atoms with E-state index in [1.165, 1.54) is 6.33 Å². The average Bonchev–Trinajstić information content (AvgIpc) is 3.52. The summed E-state index contributed by atoms with van der Waals surface area (Å²) in [4.78, 5) is 38.8. The van der Waals surface area contributed by atoms with Crippen molar-refractivity contribution in [3.05, 3.63) is 77.2 Å². The molecule has 1 amide bonds. The molecule has 35 heavy (non-hydrogen) atoms. The largest absolute Gasteiger partial charge is 0.457 e. The summed E-state index contributed by atoms with van der Waals surface area (Å²) in [6, 6.07) is 14.3. The second-order valence-corrected chi connectivity index (χ2v) is 8.81. The molecule has 1 atom stereocenters. The zero-order valence-corrected chi connectivity index (χ0v) is 20.0. The van der Waals surface area contributed by atoms with Gasteiger partial charge in [-0.3, -0.25) is 9.59 Å². The molecule has 8 nitrogen and oxygen atoms in total. The summed E-state index contributed by atoms with van der Waals surface area (Å²) in [6.45, 7) is 1.13. The third-order valence-electron chi connectivity index (χ3n) is 5.87. The Morgan fingerprint density at radius 2 is 1.94 bits per heavy atom. The number of halogens is 2. The molecule has 1 aliphatic rings. The number of ether oxygens (including phenoxy) is 1. The van der Waals surface area contributed by atoms with E-state index in [9.17, 15) is 9.59 Å². The van der Waals surface area contributed by atoms with E-state index in [1.54, 1.807) is 29.3 Å². The highest BCUT2D eigenvalue weighted by Gasteiger charge is 2.27. The highest BCUT2D eigenvalue weighted by molar-refractivity contribution is 6.35. The molecule has 5 rings (SSSR count). The summed E-state index contributed by atoms with van der Waals surface area (Å²) in [5.41, 5.74) is 1.26. The van der Waals surface area contributed by atoms with Crippen molar-refractivity contribution in [3.63, 3.8) is 0 Å². The van der Waals surface area contributed by atoms with Crippen molar-refractivity contribution in [1.29, 1.82) is 0 Å². The fourth-order valence-electron chi connectivity index (χ4n) is 4.15. The van der Waals surface area contributed by atoms with Crippen LogP contribution in [0.15, 0.2) is 61.1 Å².